The lowest BCUT2D eigenvalue weighted by molar-refractivity contribution is 0.0833. The van der Waals surface area contributed by atoms with E-state index in [1.54, 1.807) is 0 Å². The molecule has 11 heavy (non-hydrogen) atoms. The minimum Gasteiger partial charge on any atom is -0.330 e. The fraction of sp³-hybridized carbons (Fsp3) is 1.00. The van der Waals surface area contributed by atoms with Gasteiger partial charge >= 0.3 is 0 Å². The lowest BCUT2D eigenvalue weighted by Crippen LogP contribution is -2.48. The van der Waals surface area contributed by atoms with Crippen molar-refractivity contribution in [2.24, 2.45) is 17.6 Å². The van der Waals surface area contributed by atoms with E-state index in [0.717, 1.165) is 12.5 Å². The van der Waals surface area contributed by atoms with Crippen LogP contribution in [0, 0.1) is 11.8 Å². The SMILES string of the molecule is CCC1CN(CC(C)CN)C1. The average Bonchev–Trinajstić information content (AvgIpc) is 1.95. The van der Waals surface area contributed by atoms with Gasteiger partial charge < -0.3 is 10.6 Å². The molecule has 0 saturated carbocycles. The second-order valence-corrected chi connectivity index (χ2v) is 3.83. The first kappa shape index (κ1) is 9.01. The van der Waals surface area contributed by atoms with Gasteiger partial charge in [0.15, 0.2) is 0 Å². The van der Waals surface area contributed by atoms with E-state index in [-0.39, 0.29) is 0 Å². The van der Waals surface area contributed by atoms with E-state index in [2.05, 4.69) is 18.7 Å². The first-order valence-corrected chi connectivity index (χ1v) is 4.68. The van der Waals surface area contributed by atoms with Crippen molar-refractivity contribution in [1.82, 2.24) is 4.90 Å². The van der Waals surface area contributed by atoms with E-state index in [4.69, 9.17) is 5.73 Å². The monoisotopic (exact) mass is 156 g/mol. The zero-order valence-corrected chi connectivity index (χ0v) is 7.71. The Morgan fingerprint density at radius 3 is 2.64 bits per heavy atom. The van der Waals surface area contributed by atoms with Crippen molar-refractivity contribution in [3.05, 3.63) is 0 Å². The van der Waals surface area contributed by atoms with Gasteiger partial charge in [-0.2, -0.15) is 0 Å². The van der Waals surface area contributed by atoms with Gasteiger partial charge in [0.2, 0.25) is 0 Å². The van der Waals surface area contributed by atoms with Crippen molar-refractivity contribution in [3.8, 4) is 0 Å². The topological polar surface area (TPSA) is 29.3 Å². The van der Waals surface area contributed by atoms with Crippen LogP contribution in [0.15, 0.2) is 0 Å². The summed E-state index contributed by atoms with van der Waals surface area (Å²) in [5.41, 5.74) is 5.54. The number of nitrogens with zero attached hydrogens (tertiary/aromatic N) is 1. The van der Waals surface area contributed by atoms with E-state index in [9.17, 15) is 0 Å². The highest BCUT2D eigenvalue weighted by Crippen LogP contribution is 2.19. The maximum Gasteiger partial charge on any atom is 0.00220 e. The van der Waals surface area contributed by atoms with Gasteiger partial charge in [-0.05, 0) is 18.4 Å². The fourth-order valence-corrected chi connectivity index (χ4v) is 1.60. The Labute approximate surface area is 69.8 Å². The summed E-state index contributed by atoms with van der Waals surface area (Å²) in [4.78, 5) is 2.51. The van der Waals surface area contributed by atoms with Crippen molar-refractivity contribution in [1.29, 1.82) is 0 Å². The van der Waals surface area contributed by atoms with Crippen LogP contribution in [-0.2, 0) is 0 Å². The van der Waals surface area contributed by atoms with E-state index in [1.807, 2.05) is 0 Å². The molecule has 1 aliphatic heterocycles. The molecule has 0 amide bonds. The summed E-state index contributed by atoms with van der Waals surface area (Å²) in [7, 11) is 0. The number of hydrogen-bond donors (Lipinski definition) is 1. The van der Waals surface area contributed by atoms with Crippen LogP contribution in [0.5, 0.6) is 0 Å². The number of likely N-dealkylation sites (tertiary alicyclic amines) is 1. The van der Waals surface area contributed by atoms with Crippen LogP contribution in [0.4, 0.5) is 0 Å². The molecule has 1 rings (SSSR count). The Morgan fingerprint density at radius 2 is 2.18 bits per heavy atom. The molecule has 1 fully saturated rings. The lowest BCUT2D eigenvalue weighted by atomic mass is 9.96. The van der Waals surface area contributed by atoms with E-state index < -0.39 is 0 Å². The van der Waals surface area contributed by atoms with Crippen LogP contribution in [-0.4, -0.2) is 31.1 Å². The Bertz CT molecular complexity index is 108. The summed E-state index contributed by atoms with van der Waals surface area (Å²) < 4.78 is 0. The molecule has 1 heterocycles. The second-order valence-electron chi connectivity index (χ2n) is 3.83. The highest BCUT2D eigenvalue weighted by molar-refractivity contribution is 4.79. The molecule has 2 nitrogen and oxygen atoms in total. The molecule has 2 N–H and O–H groups in total. The van der Waals surface area contributed by atoms with Gasteiger partial charge in [0.05, 0.1) is 0 Å². The quantitative estimate of drug-likeness (QED) is 0.656. The zero-order valence-electron chi connectivity index (χ0n) is 7.71. The Hall–Kier alpha value is -0.0800. The molecule has 1 atom stereocenters. The molecule has 0 aromatic rings. The van der Waals surface area contributed by atoms with Crippen molar-refractivity contribution in [2.75, 3.05) is 26.2 Å². The minimum absolute atomic E-state index is 0.674. The van der Waals surface area contributed by atoms with Crippen molar-refractivity contribution in [3.63, 3.8) is 0 Å². The van der Waals surface area contributed by atoms with Crippen LogP contribution < -0.4 is 5.73 Å². The molecular weight excluding hydrogens is 136 g/mol. The molecule has 0 radical (unpaired) electrons. The number of hydrogen-bond acceptors (Lipinski definition) is 2. The molecule has 1 aliphatic rings. The molecular formula is C9H20N2. The first-order chi connectivity index (χ1) is 5.26. The summed E-state index contributed by atoms with van der Waals surface area (Å²) >= 11 is 0. The van der Waals surface area contributed by atoms with Crippen LogP contribution in [0.2, 0.25) is 0 Å². The lowest BCUT2D eigenvalue weighted by Gasteiger charge is -2.40. The predicted molar refractivity (Wildman–Crippen MR) is 48.4 cm³/mol. The molecule has 1 saturated heterocycles. The Kier molecular flexibility index (Phi) is 3.34. The standard InChI is InChI=1S/C9H20N2/c1-3-9-6-11(7-9)5-8(2)4-10/h8-9H,3-7,10H2,1-2H3. The van der Waals surface area contributed by atoms with Gasteiger partial charge in [-0.15, -0.1) is 0 Å². The van der Waals surface area contributed by atoms with Gasteiger partial charge in [0, 0.05) is 19.6 Å². The van der Waals surface area contributed by atoms with Crippen molar-refractivity contribution >= 4 is 0 Å². The molecule has 1 unspecified atom stereocenters. The van der Waals surface area contributed by atoms with Gasteiger partial charge in [0.1, 0.15) is 0 Å². The van der Waals surface area contributed by atoms with Crippen molar-refractivity contribution < 1.29 is 0 Å². The van der Waals surface area contributed by atoms with Gasteiger partial charge in [-0.25, -0.2) is 0 Å². The summed E-state index contributed by atoms with van der Waals surface area (Å²) in [6.45, 7) is 9.13. The smallest absolute Gasteiger partial charge is 0.00220 e. The van der Waals surface area contributed by atoms with Crippen LogP contribution in [0.1, 0.15) is 20.3 Å². The molecule has 0 aromatic heterocycles. The normalized spacial score (nSPS) is 23.2. The maximum atomic E-state index is 5.54. The van der Waals surface area contributed by atoms with E-state index in [0.29, 0.717) is 5.92 Å². The third kappa shape index (κ3) is 2.46. The number of nitrogens with two attached hydrogens (primary N) is 1. The van der Waals surface area contributed by atoms with Crippen LogP contribution >= 0.6 is 0 Å². The molecule has 0 aliphatic carbocycles. The Morgan fingerprint density at radius 1 is 1.55 bits per heavy atom. The molecule has 2 heteroatoms. The highest BCUT2D eigenvalue weighted by Gasteiger charge is 2.25. The minimum atomic E-state index is 0.674. The largest absolute Gasteiger partial charge is 0.330 e. The molecule has 0 bridgehead atoms. The molecule has 0 spiro atoms. The Balaban J connectivity index is 2.04. The molecule has 0 aromatic carbocycles. The zero-order chi connectivity index (χ0) is 8.27. The van der Waals surface area contributed by atoms with Gasteiger partial charge in [-0.1, -0.05) is 20.3 Å². The van der Waals surface area contributed by atoms with Gasteiger partial charge in [-0.3, -0.25) is 0 Å². The van der Waals surface area contributed by atoms with E-state index in [1.165, 1.54) is 26.1 Å². The fourth-order valence-electron chi connectivity index (χ4n) is 1.60. The summed E-state index contributed by atoms with van der Waals surface area (Å²) in [5.74, 6) is 1.65. The molecule has 66 valence electrons. The van der Waals surface area contributed by atoms with Crippen LogP contribution in [0.3, 0.4) is 0 Å². The third-order valence-corrected chi connectivity index (χ3v) is 2.58. The average molecular weight is 156 g/mol. The first-order valence-electron chi connectivity index (χ1n) is 4.68. The highest BCUT2D eigenvalue weighted by atomic mass is 15.2. The number of rotatable bonds is 4. The van der Waals surface area contributed by atoms with Crippen molar-refractivity contribution in [2.45, 2.75) is 20.3 Å². The summed E-state index contributed by atoms with van der Waals surface area (Å²) in [6, 6.07) is 0. The predicted octanol–water partition coefficient (Wildman–Crippen LogP) is 0.923. The second kappa shape index (κ2) is 4.07. The van der Waals surface area contributed by atoms with Crippen LogP contribution in [0.25, 0.3) is 0 Å². The maximum absolute atomic E-state index is 5.54. The summed E-state index contributed by atoms with van der Waals surface area (Å²) in [6.07, 6.45) is 1.34. The van der Waals surface area contributed by atoms with Gasteiger partial charge in [0.25, 0.3) is 0 Å². The van der Waals surface area contributed by atoms with E-state index >= 15 is 0 Å². The summed E-state index contributed by atoms with van der Waals surface area (Å²) in [5, 5.41) is 0. The third-order valence-electron chi connectivity index (χ3n) is 2.58.